The highest BCUT2D eigenvalue weighted by molar-refractivity contribution is 5.97. The van der Waals surface area contributed by atoms with Gasteiger partial charge in [-0.1, -0.05) is 36.4 Å². The summed E-state index contributed by atoms with van der Waals surface area (Å²) in [6.45, 7) is 4.69. The van der Waals surface area contributed by atoms with Crippen molar-refractivity contribution in [3.05, 3.63) is 96.5 Å². The summed E-state index contributed by atoms with van der Waals surface area (Å²) in [6, 6.07) is 18.5. The molecule has 0 bridgehead atoms. The maximum atomic E-state index is 13.4. The summed E-state index contributed by atoms with van der Waals surface area (Å²) >= 11 is 0. The van der Waals surface area contributed by atoms with E-state index in [1.807, 2.05) is 36.4 Å². The third-order valence-electron chi connectivity index (χ3n) is 5.35. The third-order valence-corrected chi connectivity index (χ3v) is 5.35. The van der Waals surface area contributed by atoms with Crippen molar-refractivity contribution in [2.75, 3.05) is 33.9 Å². The lowest BCUT2D eigenvalue weighted by Crippen LogP contribution is -2.43. The molecule has 3 aromatic rings. The second kappa shape index (κ2) is 12.3. The number of methoxy groups -OCH3 is 2. The van der Waals surface area contributed by atoms with Crippen molar-refractivity contribution in [2.24, 2.45) is 0 Å². The highest BCUT2D eigenvalue weighted by atomic mass is 16.5. The summed E-state index contributed by atoms with van der Waals surface area (Å²) in [5.41, 5.74) is 1.50. The molecule has 7 heteroatoms. The van der Waals surface area contributed by atoms with Crippen molar-refractivity contribution in [1.29, 1.82) is 0 Å². The molecule has 0 saturated carbocycles. The molecule has 0 saturated heterocycles. The number of carbonyl (C=O) groups excluding carboxylic acids is 2. The SMILES string of the molecule is C=CCN(CC(=O)N(CCc1ccccc1)Cc1ccco1)C(=O)c1cc(OC)cc(OC)c1. The fraction of sp³-hybridized carbons (Fsp3) is 0.259. The van der Waals surface area contributed by atoms with E-state index in [4.69, 9.17) is 13.9 Å². The zero-order valence-electron chi connectivity index (χ0n) is 19.6. The van der Waals surface area contributed by atoms with Gasteiger partial charge in [-0.2, -0.15) is 0 Å². The number of benzene rings is 2. The lowest BCUT2D eigenvalue weighted by atomic mass is 10.1. The summed E-state index contributed by atoms with van der Waals surface area (Å²) < 4.78 is 16.0. The molecule has 0 unspecified atom stereocenters. The molecule has 0 atom stereocenters. The zero-order chi connectivity index (χ0) is 24.3. The summed E-state index contributed by atoms with van der Waals surface area (Å²) in [4.78, 5) is 29.8. The Bertz CT molecular complexity index is 1060. The molecule has 7 nitrogen and oxygen atoms in total. The van der Waals surface area contributed by atoms with Gasteiger partial charge in [-0.3, -0.25) is 9.59 Å². The minimum Gasteiger partial charge on any atom is -0.497 e. The standard InChI is InChI=1S/C27H30N2O5/c1-4-13-29(27(31)22-16-24(32-2)18-25(17-22)33-3)20-26(30)28(19-23-11-8-15-34-23)14-12-21-9-6-5-7-10-21/h4-11,15-18H,1,12-14,19-20H2,2-3H3. The second-order valence-electron chi connectivity index (χ2n) is 7.71. The van der Waals surface area contributed by atoms with Crippen LogP contribution >= 0.6 is 0 Å². The number of carbonyl (C=O) groups is 2. The summed E-state index contributed by atoms with van der Waals surface area (Å²) in [5.74, 6) is 1.18. The summed E-state index contributed by atoms with van der Waals surface area (Å²) in [5, 5.41) is 0. The quantitative estimate of drug-likeness (QED) is 0.377. The summed E-state index contributed by atoms with van der Waals surface area (Å²) in [7, 11) is 3.04. The number of nitrogens with zero attached hydrogens (tertiary/aromatic N) is 2. The van der Waals surface area contributed by atoms with Crippen LogP contribution in [-0.4, -0.2) is 55.5 Å². The molecule has 0 spiro atoms. The lowest BCUT2D eigenvalue weighted by molar-refractivity contribution is -0.132. The molecule has 0 aliphatic heterocycles. The molecule has 0 radical (unpaired) electrons. The van der Waals surface area contributed by atoms with Gasteiger partial charge in [-0.25, -0.2) is 0 Å². The first kappa shape index (κ1) is 24.6. The predicted octanol–water partition coefficient (Wildman–Crippen LogP) is 4.20. The van der Waals surface area contributed by atoms with Crippen molar-refractivity contribution in [2.45, 2.75) is 13.0 Å². The normalized spacial score (nSPS) is 10.4. The van der Waals surface area contributed by atoms with Gasteiger partial charge in [0, 0.05) is 24.7 Å². The molecule has 1 aromatic heterocycles. The Labute approximate surface area is 200 Å². The molecule has 34 heavy (non-hydrogen) atoms. The Kier molecular flexibility index (Phi) is 8.91. The Morgan fingerprint density at radius 3 is 2.26 bits per heavy atom. The van der Waals surface area contributed by atoms with E-state index in [2.05, 4.69) is 6.58 Å². The van der Waals surface area contributed by atoms with Gasteiger partial charge in [0.2, 0.25) is 5.91 Å². The molecular formula is C27H30N2O5. The molecule has 0 N–H and O–H groups in total. The molecule has 0 aliphatic carbocycles. The average molecular weight is 463 g/mol. The first-order valence-corrected chi connectivity index (χ1v) is 11.0. The number of rotatable bonds is 12. The number of amides is 2. The number of furan rings is 1. The van der Waals surface area contributed by atoms with E-state index in [1.165, 1.54) is 19.1 Å². The van der Waals surface area contributed by atoms with Crippen LogP contribution in [0.3, 0.4) is 0 Å². The molecule has 2 amide bonds. The van der Waals surface area contributed by atoms with E-state index >= 15 is 0 Å². The molecular weight excluding hydrogens is 432 g/mol. The maximum Gasteiger partial charge on any atom is 0.254 e. The third kappa shape index (κ3) is 6.75. The fourth-order valence-electron chi connectivity index (χ4n) is 3.54. The van der Waals surface area contributed by atoms with E-state index in [1.54, 1.807) is 41.5 Å². The Balaban J connectivity index is 1.78. The van der Waals surface area contributed by atoms with Gasteiger partial charge in [0.25, 0.3) is 5.91 Å². The van der Waals surface area contributed by atoms with Crippen LogP contribution in [0.5, 0.6) is 11.5 Å². The molecule has 1 heterocycles. The van der Waals surface area contributed by atoms with Crippen LogP contribution in [0.25, 0.3) is 0 Å². The van der Waals surface area contributed by atoms with Crippen LogP contribution in [-0.2, 0) is 17.8 Å². The largest absolute Gasteiger partial charge is 0.497 e. The van der Waals surface area contributed by atoms with Crippen molar-refractivity contribution in [3.63, 3.8) is 0 Å². The Morgan fingerprint density at radius 2 is 1.68 bits per heavy atom. The number of hydrogen-bond acceptors (Lipinski definition) is 5. The van der Waals surface area contributed by atoms with Gasteiger partial charge in [0.15, 0.2) is 0 Å². The highest BCUT2D eigenvalue weighted by Gasteiger charge is 2.23. The van der Waals surface area contributed by atoms with Crippen molar-refractivity contribution < 1.29 is 23.5 Å². The molecule has 178 valence electrons. The second-order valence-corrected chi connectivity index (χ2v) is 7.71. The smallest absolute Gasteiger partial charge is 0.254 e. The Hall–Kier alpha value is -4.00. The van der Waals surface area contributed by atoms with Gasteiger partial charge >= 0.3 is 0 Å². The van der Waals surface area contributed by atoms with Gasteiger partial charge in [0.05, 0.1) is 27.0 Å². The average Bonchev–Trinajstić information content (AvgIpc) is 3.39. The number of hydrogen-bond donors (Lipinski definition) is 0. The summed E-state index contributed by atoms with van der Waals surface area (Å²) in [6.07, 6.45) is 3.87. The van der Waals surface area contributed by atoms with Crippen LogP contribution < -0.4 is 9.47 Å². The van der Waals surface area contributed by atoms with Gasteiger partial charge in [-0.05, 0) is 36.2 Å². The van der Waals surface area contributed by atoms with Crippen LogP contribution in [0.1, 0.15) is 21.7 Å². The number of ether oxygens (including phenoxy) is 2. The van der Waals surface area contributed by atoms with Crippen molar-refractivity contribution in [1.82, 2.24) is 9.80 Å². The maximum absolute atomic E-state index is 13.4. The van der Waals surface area contributed by atoms with Gasteiger partial charge in [0.1, 0.15) is 23.8 Å². The van der Waals surface area contributed by atoms with Crippen LogP contribution in [0, 0.1) is 0 Å². The van der Waals surface area contributed by atoms with Crippen LogP contribution in [0.4, 0.5) is 0 Å². The first-order valence-electron chi connectivity index (χ1n) is 11.0. The van der Waals surface area contributed by atoms with Crippen LogP contribution in [0.2, 0.25) is 0 Å². The predicted molar refractivity (Wildman–Crippen MR) is 130 cm³/mol. The van der Waals surface area contributed by atoms with E-state index in [0.29, 0.717) is 42.3 Å². The topological polar surface area (TPSA) is 72.2 Å². The minimum atomic E-state index is -0.313. The monoisotopic (exact) mass is 462 g/mol. The van der Waals surface area contributed by atoms with E-state index < -0.39 is 0 Å². The minimum absolute atomic E-state index is 0.0973. The molecule has 2 aromatic carbocycles. The first-order chi connectivity index (χ1) is 16.5. The van der Waals surface area contributed by atoms with Crippen molar-refractivity contribution in [3.8, 4) is 11.5 Å². The van der Waals surface area contributed by atoms with Gasteiger partial charge in [-0.15, -0.1) is 6.58 Å². The van der Waals surface area contributed by atoms with E-state index in [9.17, 15) is 9.59 Å². The highest BCUT2D eigenvalue weighted by Crippen LogP contribution is 2.23. The van der Waals surface area contributed by atoms with E-state index in [-0.39, 0.29) is 24.9 Å². The molecule has 3 rings (SSSR count). The van der Waals surface area contributed by atoms with E-state index in [0.717, 1.165) is 5.56 Å². The zero-order valence-corrected chi connectivity index (χ0v) is 19.6. The lowest BCUT2D eigenvalue weighted by Gasteiger charge is -2.27. The van der Waals surface area contributed by atoms with Crippen LogP contribution in [0.15, 0.2) is 84.0 Å². The fourth-order valence-corrected chi connectivity index (χ4v) is 3.54. The molecule has 0 aliphatic rings. The molecule has 0 fully saturated rings. The van der Waals surface area contributed by atoms with Gasteiger partial charge < -0.3 is 23.7 Å². The Morgan fingerprint density at radius 1 is 0.971 bits per heavy atom. The van der Waals surface area contributed by atoms with Crippen molar-refractivity contribution >= 4 is 11.8 Å².